The van der Waals surface area contributed by atoms with Crippen molar-refractivity contribution in [3.8, 4) is 0 Å². The van der Waals surface area contributed by atoms with E-state index >= 15 is 0 Å². The van der Waals surface area contributed by atoms with Crippen LogP contribution in [0.2, 0.25) is 0 Å². The van der Waals surface area contributed by atoms with Crippen LogP contribution in [0.25, 0.3) is 0 Å². The second-order valence-electron chi connectivity index (χ2n) is 24.6. The lowest BCUT2D eigenvalue weighted by atomic mass is 10.0. The van der Waals surface area contributed by atoms with Crippen molar-refractivity contribution in [1.29, 1.82) is 0 Å². The molecule has 0 saturated heterocycles. The Morgan fingerprint density at radius 3 is 0.910 bits per heavy atom. The maximum Gasteiger partial charge on any atom is 0.305 e. The van der Waals surface area contributed by atoms with Gasteiger partial charge in [-0.25, -0.2) is 0 Å². The molecule has 3 N–H and O–H groups in total. The Balaban J connectivity index is 3.37. The van der Waals surface area contributed by atoms with E-state index in [4.69, 9.17) is 4.74 Å². The first-order chi connectivity index (χ1) is 38.5. The second kappa shape index (κ2) is 67.8. The normalized spacial score (nSPS) is 12.6. The van der Waals surface area contributed by atoms with Gasteiger partial charge in [0.15, 0.2) is 0 Å². The summed E-state index contributed by atoms with van der Waals surface area (Å²) >= 11 is 0. The third-order valence-electron chi connectivity index (χ3n) is 16.7. The number of carbonyl (C=O) groups excluding carboxylic acids is 2. The Kier molecular flexibility index (Phi) is 66.4. The average molecular weight is 1100 g/mol. The van der Waals surface area contributed by atoms with E-state index in [1.54, 1.807) is 6.08 Å². The molecule has 0 saturated carbocycles. The first-order valence-electron chi connectivity index (χ1n) is 35.6. The van der Waals surface area contributed by atoms with Gasteiger partial charge in [0, 0.05) is 12.8 Å². The lowest BCUT2D eigenvalue weighted by Gasteiger charge is -2.20. The number of allylic oxidation sites excluding steroid dienone is 3. The number of nitrogens with one attached hydrogen (secondary N) is 1. The number of hydrogen-bond donors (Lipinski definition) is 3. The van der Waals surface area contributed by atoms with Gasteiger partial charge in [-0.2, -0.15) is 0 Å². The highest BCUT2D eigenvalue weighted by atomic mass is 16.5. The molecule has 0 aromatic rings. The Hall–Kier alpha value is -1.66. The van der Waals surface area contributed by atoms with E-state index in [0.717, 1.165) is 38.5 Å². The van der Waals surface area contributed by atoms with E-state index < -0.39 is 12.1 Å². The van der Waals surface area contributed by atoms with E-state index in [1.165, 1.54) is 334 Å². The molecule has 462 valence electrons. The number of esters is 1. The van der Waals surface area contributed by atoms with Crippen LogP contribution < -0.4 is 5.32 Å². The highest BCUT2D eigenvalue weighted by Crippen LogP contribution is 2.19. The summed E-state index contributed by atoms with van der Waals surface area (Å²) in [6.45, 7) is 4.94. The summed E-state index contributed by atoms with van der Waals surface area (Å²) in [7, 11) is 0. The molecular weight excluding hydrogens is 959 g/mol. The number of unbranched alkanes of at least 4 members (excludes halogenated alkanes) is 54. The zero-order valence-electron chi connectivity index (χ0n) is 52.9. The van der Waals surface area contributed by atoms with Crippen LogP contribution in [0, 0.1) is 0 Å². The molecule has 2 atom stereocenters. The lowest BCUT2D eigenvalue weighted by molar-refractivity contribution is -0.143. The maximum atomic E-state index is 12.5. The summed E-state index contributed by atoms with van der Waals surface area (Å²) in [4.78, 5) is 24.6. The van der Waals surface area contributed by atoms with E-state index in [0.29, 0.717) is 19.4 Å². The predicted molar refractivity (Wildman–Crippen MR) is 343 cm³/mol. The molecule has 0 aliphatic heterocycles. The van der Waals surface area contributed by atoms with E-state index in [1.807, 2.05) is 6.08 Å². The van der Waals surface area contributed by atoms with Crippen molar-refractivity contribution in [3.05, 3.63) is 24.3 Å². The first kappa shape index (κ1) is 76.3. The van der Waals surface area contributed by atoms with E-state index in [2.05, 4.69) is 31.3 Å². The number of aliphatic hydroxyl groups excluding tert-OH is 2. The number of carbonyl (C=O) groups is 2. The Morgan fingerprint density at radius 1 is 0.346 bits per heavy atom. The second-order valence-corrected chi connectivity index (χ2v) is 24.6. The predicted octanol–water partition coefficient (Wildman–Crippen LogP) is 22.9. The van der Waals surface area contributed by atoms with Gasteiger partial charge in [-0.05, 0) is 57.8 Å². The minimum absolute atomic E-state index is 0.0206. The van der Waals surface area contributed by atoms with Crippen LogP contribution in [-0.2, 0) is 14.3 Å². The van der Waals surface area contributed by atoms with Crippen LogP contribution in [0.5, 0.6) is 0 Å². The topological polar surface area (TPSA) is 95.9 Å². The lowest BCUT2D eigenvalue weighted by Crippen LogP contribution is -2.45. The van der Waals surface area contributed by atoms with Gasteiger partial charge < -0.3 is 20.3 Å². The molecule has 2 unspecified atom stereocenters. The summed E-state index contributed by atoms with van der Waals surface area (Å²) in [5.74, 6) is -0.0449. The minimum Gasteiger partial charge on any atom is -0.466 e. The van der Waals surface area contributed by atoms with Gasteiger partial charge in [-0.1, -0.05) is 353 Å². The van der Waals surface area contributed by atoms with Crippen molar-refractivity contribution in [2.24, 2.45) is 0 Å². The molecule has 0 rings (SSSR count). The van der Waals surface area contributed by atoms with Crippen molar-refractivity contribution in [2.45, 2.75) is 411 Å². The summed E-state index contributed by atoms with van der Waals surface area (Å²) in [5, 5.41) is 23.2. The molecule has 0 aliphatic carbocycles. The molecule has 0 spiro atoms. The summed E-state index contributed by atoms with van der Waals surface area (Å²) < 4.78 is 5.51. The van der Waals surface area contributed by atoms with Crippen LogP contribution >= 0.6 is 0 Å². The molecule has 0 heterocycles. The molecule has 6 nitrogen and oxygen atoms in total. The van der Waals surface area contributed by atoms with Crippen molar-refractivity contribution in [2.75, 3.05) is 13.2 Å². The number of hydrogen-bond acceptors (Lipinski definition) is 5. The maximum absolute atomic E-state index is 12.5. The highest BCUT2D eigenvalue weighted by molar-refractivity contribution is 5.76. The van der Waals surface area contributed by atoms with Crippen molar-refractivity contribution < 1.29 is 24.5 Å². The summed E-state index contributed by atoms with van der Waals surface area (Å²) in [6, 6.07) is -0.627. The quantitative estimate of drug-likeness (QED) is 0.0320. The van der Waals surface area contributed by atoms with E-state index in [-0.39, 0.29) is 18.5 Å². The fourth-order valence-electron chi connectivity index (χ4n) is 11.3. The van der Waals surface area contributed by atoms with Gasteiger partial charge in [0.1, 0.15) is 0 Å². The number of amides is 1. The average Bonchev–Trinajstić information content (AvgIpc) is 3.44. The fourth-order valence-corrected chi connectivity index (χ4v) is 11.3. The third kappa shape index (κ3) is 63.5. The molecule has 0 aromatic heterocycles. The Morgan fingerprint density at radius 2 is 0.603 bits per heavy atom. The van der Waals surface area contributed by atoms with Crippen LogP contribution in [0.1, 0.15) is 399 Å². The molecule has 78 heavy (non-hydrogen) atoms. The van der Waals surface area contributed by atoms with Crippen LogP contribution in [-0.4, -0.2) is 47.4 Å². The molecule has 0 aliphatic rings. The SMILES string of the molecule is CCCCCCCCCCCCCCC/C=C/C(O)C(CO)NC(=O)CCCCCCCCCCCCCC/C=C\CCCCCCCCCCCCCCOC(=O)CCCCCCCCCCCCCCCCCCCC. The summed E-state index contributed by atoms with van der Waals surface area (Å²) in [5.41, 5.74) is 0. The zero-order valence-corrected chi connectivity index (χ0v) is 52.9. The van der Waals surface area contributed by atoms with Crippen molar-refractivity contribution in [3.63, 3.8) is 0 Å². The van der Waals surface area contributed by atoms with Crippen molar-refractivity contribution >= 4 is 11.9 Å². The summed E-state index contributed by atoms with van der Waals surface area (Å²) in [6.07, 6.45) is 85.5. The number of ether oxygens (including phenoxy) is 1. The highest BCUT2D eigenvalue weighted by Gasteiger charge is 2.18. The first-order valence-corrected chi connectivity index (χ1v) is 35.6. The van der Waals surface area contributed by atoms with Gasteiger partial charge in [-0.3, -0.25) is 9.59 Å². The van der Waals surface area contributed by atoms with Crippen molar-refractivity contribution in [1.82, 2.24) is 5.32 Å². The van der Waals surface area contributed by atoms with Gasteiger partial charge in [0.05, 0.1) is 25.4 Å². The third-order valence-corrected chi connectivity index (χ3v) is 16.7. The van der Waals surface area contributed by atoms with E-state index in [9.17, 15) is 19.8 Å². The standard InChI is InChI=1S/C72H139NO5/c1-3-5-7-9-11-13-15-17-19-20-34-38-42-46-50-54-58-62-66-72(77)78-67-63-59-55-51-47-43-39-35-32-30-28-26-24-22-21-23-25-27-29-31-33-37-41-45-49-53-57-61-65-71(76)73-69(68-74)70(75)64-60-56-52-48-44-40-36-18-16-14-12-10-8-6-4-2/h21-22,60,64,69-70,74-75H,3-20,23-59,61-63,65-68H2,1-2H3,(H,73,76)/b22-21-,64-60+. The Bertz CT molecular complexity index is 1220. The van der Waals surface area contributed by atoms with Gasteiger partial charge >= 0.3 is 5.97 Å². The fraction of sp³-hybridized carbons (Fsp3) is 0.917. The van der Waals surface area contributed by atoms with Gasteiger partial charge in [-0.15, -0.1) is 0 Å². The minimum atomic E-state index is -0.844. The van der Waals surface area contributed by atoms with Gasteiger partial charge in [0.2, 0.25) is 5.91 Å². The van der Waals surface area contributed by atoms with Crippen LogP contribution in [0.3, 0.4) is 0 Å². The number of rotatable bonds is 67. The molecule has 0 radical (unpaired) electrons. The molecular formula is C72H139NO5. The molecule has 0 bridgehead atoms. The smallest absolute Gasteiger partial charge is 0.305 e. The van der Waals surface area contributed by atoms with Crippen LogP contribution in [0.4, 0.5) is 0 Å². The van der Waals surface area contributed by atoms with Gasteiger partial charge in [0.25, 0.3) is 0 Å². The molecule has 0 fully saturated rings. The monoisotopic (exact) mass is 1100 g/mol. The molecule has 6 heteroatoms. The molecule has 1 amide bonds. The molecule has 0 aromatic carbocycles. The number of aliphatic hydroxyl groups is 2. The Labute approximate surface area is 488 Å². The van der Waals surface area contributed by atoms with Crippen LogP contribution in [0.15, 0.2) is 24.3 Å². The largest absolute Gasteiger partial charge is 0.466 e. The zero-order chi connectivity index (χ0) is 56.4.